The first-order valence-electron chi connectivity index (χ1n) is 9.12. The number of nitrogens with zero attached hydrogens (tertiary/aromatic N) is 1. The number of hydrogen-bond donors (Lipinski definition) is 1. The van der Waals surface area contributed by atoms with Crippen LogP contribution in [0.2, 0.25) is 0 Å². The van der Waals surface area contributed by atoms with Gasteiger partial charge in [0.05, 0.1) is 17.6 Å². The first-order valence-corrected chi connectivity index (χ1v) is 9.12. The van der Waals surface area contributed by atoms with E-state index in [1.807, 2.05) is 18.2 Å². The molecule has 0 fully saturated rings. The van der Waals surface area contributed by atoms with Gasteiger partial charge in [0.15, 0.2) is 23.9 Å². The molecule has 10 nitrogen and oxygen atoms in total. The van der Waals surface area contributed by atoms with Gasteiger partial charge in [-0.1, -0.05) is 6.07 Å². The van der Waals surface area contributed by atoms with Crippen molar-refractivity contribution in [1.29, 1.82) is 0 Å². The van der Waals surface area contributed by atoms with Crippen LogP contribution in [0.5, 0.6) is 17.2 Å². The Hall–Kier alpha value is -3.82. The second-order valence-electron chi connectivity index (χ2n) is 6.30. The van der Waals surface area contributed by atoms with Gasteiger partial charge in [0.2, 0.25) is 0 Å². The number of nitrogens with one attached hydrogen (secondary N) is 1. The number of carbonyl (C=O) groups is 2. The summed E-state index contributed by atoms with van der Waals surface area (Å²) in [5.74, 6) is 0.0624. The summed E-state index contributed by atoms with van der Waals surface area (Å²) >= 11 is 0. The molecular weight excluding hydrogens is 396 g/mol. The van der Waals surface area contributed by atoms with Gasteiger partial charge in [0.1, 0.15) is 13.2 Å². The minimum absolute atomic E-state index is 0.0217. The molecule has 3 rings (SSSR count). The normalized spacial score (nSPS) is 12.0. The Kier molecular flexibility index (Phi) is 6.68. The number of nitro groups is 1. The molecule has 0 bridgehead atoms. The van der Waals surface area contributed by atoms with Crippen molar-refractivity contribution in [2.75, 3.05) is 33.5 Å². The van der Waals surface area contributed by atoms with E-state index in [1.54, 1.807) is 0 Å². The van der Waals surface area contributed by atoms with Gasteiger partial charge in [-0.25, -0.2) is 4.79 Å². The number of hydrogen-bond acceptors (Lipinski definition) is 8. The molecule has 0 spiro atoms. The number of ether oxygens (including phenoxy) is 4. The van der Waals surface area contributed by atoms with Crippen LogP contribution in [0, 0.1) is 10.1 Å². The number of fused-ring (bicyclic) bond motifs is 1. The number of benzene rings is 2. The summed E-state index contributed by atoms with van der Waals surface area (Å²) in [7, 11) is 1.29. The quantitative estimate of drug-likeness (QED) is 0.393. The summed E-state index contributed by atoms with van der Waals surface area (Å²) in [4.78, 5) is 34.3. The molecule has 1 aliphatic rings. The van der Waals surface area contributed by atoms with E-state index >= 15 is 0 Å². The van der Waals surface area contributed by atoms with E-state index in [4.69, 9.17) is 18.9 Å². The van der Waals surface area contributed by atoms with E-state index in [0.29, 0.717) is 37.7 Å². The Morgan fingerprint density at radius 1 is 1.13 bits per heavy atom. The number of amides is 1. The van der Waals surface area contributed by atoms with E-state index in [1.165, 1.54) is 19.2 Å². The summed E-state index contributed by atoms with van der Waals surface area (Å²) < 4.78 is 20.8. The van der Waals surface area contributed by atoms with Crippen molar-refractivity contribution >= 4 is 17.6 Å². The number of carbonyl (C=O) groups excluding carboxylic acids is 2. The van der Waals surface area contributed by atoms with E-state index in [9.17, 15) is 19.7 Å². The van der Waals surface area contributed by atoms with Gasteiger partial charge < -0.3 is 24.3 Å². The molecule has 0 radical (unpaired) electrons. The molecule has 1 N–H and O–H groups in total. The zero-order chi connectivity index (χ0) is 21.5. The summed E-state index contributed by atoms with van der Waals surface area (Å²) in [5.41, 5.74) is 0.546. The average Bonchev–Trinajstić information content (AvgIpc) is 2.76. The van der Waals surface area contributed by atoms with Crippen molar-refractivity contribution in [3.63, 3.8) is 0 Å². The maximum Gasteiger partial charge on any atom is 0.338 e. The Morgan fingerprint density at radius 3 is 2.63 bits per heavy atom. The molecule has 30 heavy (non-hydrogen) atoms. The standard InChI is InChI=1S/C20H20N2O8/c1-27-16-5-3-14(11-15(16)22(25)26)20(24)30-12-19(23)21-7-6-13-2-4-17-18(10-13)29-9-8-28-17/h2-5,10-11H,6-9,12H2,1H3,(H,21,23). The summed E-state index contributed by atoms with van der Waals surface area (Å²) in [6.45, 7) is 0.852. The highest BCUT2D eigenvalue weighted by molar-refractivity contribution is 5.92. The number of esters is 1. The molecule has 10 heteroatoms. The third kappa shape index (κ3) is 5.16. The van der Waals surface area contributed by atoms with Crippen LogP contribution in [0.3, 0.4) is 0 Å². The predicted molar refractivity (Wildman–Crippen MR) is 104 cm³/mol. The molecule has 0 aromatic heterocycles. The Morgan fingerprint density at radius 2 is 1.90 bits per heavy atom. The molecule has 0 aliphatic carbocycles. The van der Waals surface area contributed by atoms with Crippen molar-refractivity contribution in [3.8, 4) is 17.2 Å². The maximum atomic E-state index is 12.1. The smallest absolute Gasteiger partial charge is 0.338 e. The van der Waals surface area contributed by atoms with Gasteiger partial charge in [0.25, 0.3) is 5.91 Å². The average molecular weight is 416 g/mol. The molecule has 0 atom stereocenters. The predicted octanol–water partition coefficient (Wildman–Crippen LogP) is 1.89. The van der Waals surface area contributed by atoms with Gasteiger partial charge in [-0.3, -0.25) is 14.9 Å². The minimum atomic E-state index is -0.845. The van der Waals surface area contributed by atoms with Crippen LogP contribution < -0.4 is 19.5 Å². The molecule has 0 saturated carbocycles. The van der Waals surface area contributed by atoms with Crippen LogP contribution in [0.4, 0.5) is 5.69 Å². The monoisotopic (exact) mass is 416 g/mol. The lowest BCUT2D eigenvalue weighted by Gasteiger charge is -2.18. The van der Waals surface area contributed by atoms with Crippen molar-refractivity contribution in [1.82, 2.24) is 5.32 Å². The van der Waals surface area contributed by atoms with Crippen molar-refractivity contribution in [2.45, 2.75) is 6.42 Å². The summed E-state index contributed by atoms with van der Waals surface area (Å²) in [6, 6.07) is 9.23. The SMILES string of the molecule is COc1ccc(C(=O)OCC(=O)NCCc2ccc3c(c2)OCCO3)cc1[N+](=O)[O-]. The molecule has 2 aromatic rings. The zero-order valence-corrected chi connectivity index (χ0v) is 16.2. The molecular formula is C20H20N2O8. The topological polar surface area (TPSA) is 126 Å². The summed E-state index contributed by atoms with van der Waals surface area (Å²) in [5, 5.41) is 13.7. The van der Waals surface area contributed by atoms with Gasteiger partial charge in [0, 0.05) is 12.6 Å². The third-order valence-electron chi connectivity index (χ3n) is 4.29. The number of rotatable bonds is 8. The highest BCUT2D eigenvalue weighted by Crippen LogP contribution is 2.31. The van der Waals surface area contributed by atoms with E-state index in [2.05, 4.69) is 5.32 Å². The highest BCUT2D eigenvalue weighted by atomic mass is 16.6. The largest absolute Gasteiger partial charge is 0.490 e. The third-order valence-corrected chi connectivity index (χ3v) is 4.29. The summed E-state index contributed by atoms with van der Waals surface area (Å²) in [6.07, 6.45) is 0.557. The van der Waals surface area contributed by atoms with Gasteiger partial charge in [-0.2, -0.15) is 0 Å². The molecule has 0 unspecified atom stereocenters. The fourth-order valence-corrected chi connectivity index (χ4v) is 2.81. The van der Waals surface area contributed by atoms with Crippen molar-refractivity contribution < 1.29 is 33.5 Å². The Balaban J connectivity index is 1.46. The first kappa shape index (κ1) is 20.9. The van der Waals surface area contributed by atoms with Crippen LogP contribution in [-0.2, 0) is 16.0 Å². The lowest BCUT2D eigenvalue weighted by molar-refractivity contribution is -0.385. The van der Waals surface area contributed by atoms with Gasteiger partial charge in [-0.15, -0.1) is 0 Å². The van der Waals surface area contributed by atoms with Crippen LogP contribution in [0.1, 0.15) is 15.9 Å². The van der Waals surface area contributed by atoms with E-state index in [-0.39, 0.29) is 17.0 Å². The molecule has 158 valence electrons. The van der Waals surface area contributed by atoms with Crippen LogP contribution in [-0.4, -0.2) is 50.3 Å². The van der Waals surface area contributed by atoms with Crippen molar-refractivity contribution in [2.24, 2.45) is 0 Å². The highest BCUT2D eigenvalue weighted by Gasteiger charge is 2.19. The second-order valence-corrected chi connectivity index (χ2v) is 6.30. The van der Waals surface area contributed by atoms with Crippen LogP contribution in [0.25, 0.3) is 0 Å². The Bertz CT molecular complexity index is 960. The number of nitro benzene ring substituents is 1. The lowest BCUT2D eigenvalue weighted by atomic mass is 10.1. The van der Waals surface area contributed by atoms with Gasteiger partial charge in [-0.05, 0) is 36.2 Å². The molecule has 1 heterocycles. The van der Waals surface area contributed by atoms with E-state index < -0.39 is 23.4 Å². The fourth-order valence-electron chi connectivity index (χ4n) is 2.81. The molecule has 1 amide bonds. The Labute approximate surface area is 171 Å². The zero-order valence-electron chi connectivity index (χ0n) is 16.2. The van der Waals surface area contributed by atoms with Crippen LogP contribution in [0.15, 0.2) is 36.4 Å². The number of methoxy groups -OCH3 is 1. The van der Waals surface area contributed by atoms with Gasteiger partial charge >= 0.3 is 11.7 Å². The molecule has 1 aliphatic heterocycles. The maximum absolute atomic E-state index is 12.1. The second kappa shape index (κ2) is 9.59. The minimum Gasteiger partial charge on any atom is -0.490 e. The molecule has 2 aromatic carbocycles. The van der Waals surface area contributed by atoms with Crippen LogP contribution >= 0.6 is 0 Å². The van der Waals surface area contributed by atoms with Crippen molar-refractivity contribution in [3.05, 3.63) is 57.6 Å². The fraction of sp³-hybridized carbons (Fsp3) is 0.300. The van der Waals surface area contributed by atoms with E-state index in [0.717, 1.165) is 11.6 Å². The molecule has 0 saturated heterocycles. The first-order chi connectivity index (χ1) is 14.5. The lowest BCUT2D eigenvalue weighted by Crippen LogP contribution is -2.30.